The number of primary amides is 1. The molecule has 2 aromatic heterocycles. The van der Waals surface area contributed by atoms with Crippen molar-refractivity contribution in [2.75, 3.05) is 13.7 Å². The van der Waals surface area contributed by atoms with E-state index in [1.165, 1.54) is 0 Å². The number of ketones is 1. The first-order chi connectivity index (χ1) is 17.4. The average Bonchev–Trinajstić information content (AvgIpc) is 3.52. The van der Waals surface area contributed by atoms with E-state index in [0.717, 1.165) is 30.2 Å². The number of benzene rings is 1. The lowest BCUT2D eigenvalue weighted by Crippen LogP contribution is -2.32. The van der Waals surface area contributed by atoms with Crippen LogP contribution in [0, 0.1) is 5.92 Å². The second-order valence-electron chi connectivity index (χ2n) is 9.16. The number of ether oxygens (including phenoxy) is 1. The van der Waals surface area contributed by atoms with Gasteiger partial charge in [-0.3, -0.25) is 14.4 Å². The van der Waals surface area contributed by atoms with Gasteiger partial charge in [0.05, 0.1) is 30.3 Å². The summed E-state index contributed by atoms with van der Waals surface area (Å²) in [7, 11) is 1.55. The minimum atomic E-state index is -0.526. The molecule has 0 bridgehead atoms. The Morgan fingerprint density at radius 3 is 2.78 bits per heavy atom. The number of fused-ring (bicyclic) bond motifs is 1. The molecular formula is C27H32N4O5. The molecule has 0 radical (unpaired) electrons. The number of pyridine rings is 1. The Kier molecular flexibility index (Phi) is 7.97. The second kappa shape index (κ2) is 11.3. The van der Waals surface area contributed by atoms with Crippen LogP contribution in [0.2, 0.25) is 0 Å². The summed E-state index contributed by atoms with van der Waals surface area (Å²) in [6, 6.07) is 9.22. The highest BCUT2D eigenvalue weighted by Crippen LogP contribution is 2.37. The molecule has 2 amide bonds. The van der Waals surface area contributed by atoms with Crippen LogP contribution >= 0.6 is 0 Å². The van der Waals surface area contributed by atoms with Gasteiger partial charge in [-0.1, -0.05) is 38.0 Å². The molecular weight excluding hydrogens is 460 g/mol. The van der Waals surface area contributed by atoms with E-state index >= 15 is 0 Å². The monoisotopic (exact) mass is 492 g/mol. The van der Waals surface area contributed by atoms with E-state index in [1.807, 2.05) is 37.3 Å². The molecule has 9 heteroatoms. The van der Waals surface area contributed by atoms with Crippen LogP contribution in [0.15, 0.2) is 40.9 Å². The number of methoxy groups -OCH3 is 1. The van der Waals surface area contributed by atoms with E-state index in [1.54, 1.807) is 18.2 Å². The fraction of sp³-hybridized carbons (Fsp3) is 0.444. The largest absolute Gasteiger partial charge is 0.480 e. The smallest absolute Gasteiger partial charge is 0.224 e. The molecule has 2 atom stereocenters. The van der Waals surface area contributed by atoms with Gasteiger partial charge < -0.3 is 19.8 Å². The number of aromatic nitrogens is 2. The summed E-state index contributed by atoms with van der Waals surface area (Å²) < 4.78 is 11.7. The van der Waals surface area contributed by atoms with Crippen molar-refractivity contribution in [1.29, 1.82) is 0 Å². The zero-order valence-electron chi connectivity index (χ0n) is 20.7. The van der Waals surface area contributed by atoms with Crippen LogP contribution in [0.4, 0.5) is 0 Å². The molecule has 1 unspecified atom stereocenters. The number of carbonyl (C=O) groups is 3. The number of para-hydroxylation sites is 1. The predicted octanol–water partition coefficient (Wildman–Crippen LogP) is 4.20. The number of unbranched alkanes of at least 4 members (excludes halogenated alkanes) is 2. The Labute approximate surface area is 210 Å². The molecule has 0 spiro atoms. The minimum absolute atomic E-state index is 0.0901. The number of hydrogen-bond acceptors (Lipinski definition) is 7. The molecule has 1 aliphatic rings. The molecule has 1 aliphatic heterocycles. The van der Waals surface area contributed by atoms with Crippen molar-refractivity contribution in [2.24, 2.45) is 11.7 Å². The Morgan fingerprint density at radius 1 is 1.25 bits per heavy atom. The first-order valence-corrected chi connectivity index (χ1v) is 12.4. The number of carbonyl (C=O) groups excluding carboxylic acids is 3. The topological polar surface area (TPSA) is 129 Å². The van der Waals surface area contributed by atoms with Crippen LogP contribution in [0.1, 0.15) is 63.8 Å². The minimum Gasteiger partial charge on any atom is -0.480 e. The van der Waals surface area contributed by atoms with Gasteiger partial charge in [-0.05, 0) is 25.0 Å². The van der Waals surface area contributed by atoms with Crippen LogP contribution < -0.4 is 10.5 Å². The van der Waals surface area contributed by atoms with Gasteiger partial charge in [0.2, 0.25) is 23.6 Å². The van der Waals surface area contributed by atoms with Crippen LogP contribution in [0.25, 0.3) is 22.2 Å². The standard InChI is InChI=1S/C27H32N4O5/c1-3-19(32)10-5-4-6-12-22(31-16-18(25(28)34)14-24(31)33)27-29-15-23(36-27)20-13-17-9-7-8-11-21(17)30-26(20)35-2/h7-9,11,13,15,18,22H,3-6,10,12,14,16H2,1-2H3,(H2,28,34)/t18?,22-/m0/s1. The summed E-state index contributed by atoms with van der Waals surface area (Å²) >= 11 is 0. The zero-order valence-corrected chi connectivity index (χ0v) is 20.7. The Bertz CT molecular complexity index is 1250. The average molecular weight is 493 g/mol. The first kappa shape index (κ1) is 25.3. The van der Waals surface area contributed by atoms with Crippen LogP contribution in [0.5, 0.6) is 5.88 Å². The molecule has 1 aromatic carbocycles. The van der Waals surface area contributed by atoms with Crippen molar-refractivity contribution in [3.8, 4) is 17.2 Å². The third kappa shape index (κ3) is 5.56. The summed E-state index contributed by atoms with van der Waals surface area (Å²) in [5.41, 5.74) is 6.95. The highest BCUT2D eigenvalue weighted by molar-refractivity contribution is 5.88. The summed E-state index contributed by atoms with van der Waals surface area (Å²) in [6.07, 6.45) is 5.84. The molecule has 9 nitrogen and oxygen atoms in total. The van der Waals surface area contributed by atoms with Crippen LogP contribution in [0.3, 0.4) is 0 Å². The van der Waals surface area contributed by atoms with Crippen LogP contribution in [-0.2, 0) is 14.4 Å². The number of likely N-dealkylation sites (tertiary alicyclic amines) is 1. The summed E-state index contributed by atoms with van der Waals surface area (Å²) in [5.74, 6) is 0.388. The fourth-order valence-electron chi connectivity index (χ4n) is 4.65. The molecule has 1 fully saturated rings. The molecule has 36 heavy (non-hydrogen) atoms. The number of Topliss-reactive ketones (excluding diaryl/α,β-unsaturated/α-hetero) is 1. The van der Waals surface area contributed by atoms with Gasteiger partial charge in [0.15, 0.2) is 5.76 Å². The molecule has 190 valence electrons. The van der Waals surface area contributed by atoms with Crippen LogP contribution in [-0.4, -0.2) is 46.1 Å². The second-order valence-corrected chi connectivity index (χ2v) is 9.16. The van der Waals surface area contributed by atoms with Gasteiger partial charge in [-0.15, -0.1) is 0 Å². The quantitative estimate of drug-likeness (QED) is 0.375. The van der Waals surface area contributed by atoms with Crippen molar-refractivity contribution in [3.05, 3.63) is 42.4 Å². The lowest BCUT2D eigenvalue weighted by Gasteiger charge is -2.25. The number of oxazole rings is 1. The summed E-state index contributed by atoms with van der Waals surface area (Å²) in [6.45, 7) is 2.11. The van der Waals surface area contributed by atoms with Crippen molar-refractivity contribution < 1.29 is 23.5 Å². The molecule has 1 saturated heterocycles. The van der Waals surface area contributed by atoms with E-state index in [-0.39, 0.29) is 24.7 Å². The van der Waals surface area contributed by atoms with E-state index in [9.17, 15) is 14.4 Å². The van der Waals surface area contributed by atoms with Gasteiger partial charge in [-0.25, -0.2) is 9.97 Å². The number of hydrogen-bond donors (Lipinski definition) is 1. The van der Waals surface area contributed by atoms with Gasteiger partial charge in [-0.2, -0.15) is 0 Å². The molecule has 2 N–H and O–H groups in total. The maximum Gasteiger partial charge on any atom is 0.224 e. The van der Waals surface area contributed by atoms with E-state index in [4.69, 9.17) is 14.9 Å². The highest BCUT2D eigenvalue weighted by atomic mass is 16.5. The first-order valence-electron chi connectivity index (χ1n) is 12.4. The maximum atomic E-state index is 12.8. The Morgan fingerprint density at radius 2 is 2.06 bits per heavy atom. The molecule has 3 aromatic rings. The van der Waals surface area contributed by atoms with Crippen molar-refractivity contribution in [3.63, 3.8) is 0 Å². The van der Waals surface area contributed by atoms with E-state index in [0.29, 0.717) is 42.4 Å². The molecule has 0 saturated carbocycles. The van der Waals surface area contributed by atoms with Gasteiger partial charge in [0.1, 0.15) is 11.8 Å². The van der Waals surface area contributed by atoms with Crippen molar-refractivity contribution in [1.82, 2.24) is 14.9 Å². The fourth-order valence-corrected chi connectivity index (χ4v) is 4.65. The van der Waals surface area contributed by atoms with Crippen molar-refractivity contribution >= 4 is 28.5 Å². The Hall–Kier alpha value is -3.75. The van der Waals surface area contributed by atoms with Gasteiger partial charge in [0.25, 0.3) is 0 Å². The molecule has 0 aliphatic carbocycles. The number of nitrogens with zero attached hydrogens (tertiary/aromatic N) is 3. The molecule has 3 heterocycles. The number of amides is 2. The lowest BCUT2D eigenvalue weighted by atomic mass is 10.0. The van der Waals surface area contributed by atoms with Gasteiger partial charge >= 0.3 is 0 Å². The molecule has 4 rings (SSSR count). The SMILES string of the molecule is CCC(=O)CCCCC[C@@H](c1ncc(-c2cc3ccccc3nc2OC)o1)N1CC(C(N)=O)CC1=O. The third-order valence-corrected chi connectivity index (χ3v) is 6.72. The van der Waals surface area contributed by atoms with Crippen molar-refractivity contribution in [2.45, 2.75) is 57.9 Å². The maximum absolute atomic E-state index is 12.8. The normalized spacial score (nSPS) is 16.4. The predicted molar refractivity (Wildman–Crippen MR) is 134 cm³/mol. The lowest BCUT2D eigenvalue weighted by molar-refractivity contribution is -0.130. The summed E-state index contributed by atoms with van der Waals surface area (Å²) in [4.78, 5) is 47.0. The number of rotatable bonds is 12. The van der Waals surface area contributed by atoms with E-state index < -0.39 is 17.9 Å². The summed E-state index contributed by atoms with van der Waals surface area (Å²) in [5, 5.41) is 0.934. The third-order valence-electron chi connectivity index (χ3n) is 6.72. The van der Waals surface area contributed by atoms with Gasteiger partial charge in [0, 0.05) is 31.2 Å². The Balaban J connectivity index is 1.59. The number of nitrogens with two attached hydrogens (primary N) is 1. The zero-order chi connectivity index (χ0) is 25.7. The highest BCUT2D eigenvalue weighted by Gasteiger charge is 2.39. The van der Waals surface area contributed by atoms with E-state index in [2.05, 4.69) is 9.97 Å².